The third kappa shape index (κ3) is 2.28. The smallest absolute Gasteiger partial charge is 0.319 e. The minimum atomic E-state index is -0.870. The Balaban J connectivity index is 2.11. The zero-order valence-electron chi connectivity index (χ0n) is 12.8. The summed E-state index contributed by atoms with van der Waals surface area (Å²) < 4.78 is 16.6. The van der Waals surface area contributed by atoms with Crippen LogP contribution >= 0.6 is 0 Å². The van der Waals surface area contributed by atoms with E-state index in [2.05, 4.69) is 5.32 Å². The van der Waals surface area contributed by atoms with E-state index in [9.17, 15) is 9.59 Å². The maximum atomic E-state index is 12.4. The summed E-state index contributed by atoms with van der Waals surface area (Å²) in [6.45, 7) is 2.11. The molecule has 1 aromatic carbocycles. The van der Waals surface area contributed by atoms with Gasteiger partial charge < -0.3 is 19.5 Å². The second-order valence-corrected chi connectivity index (χ2v) is 5.97. The van der Waals surface area contributed by atoms with Gasteiger partial charge in [0.05, 0.1) is 7.11 Å². The Kier molecular flexibility index (Phi) is 3.47. The van der Waals surface area contributed by atoms with E-state index in [1.807, 2.05) is 19.1 Å². The van der Waals surface area contributed by atoms with Crippen LogP contribution in [-0.4, -0.2) is 38.2 Å². The monoisotopic (exact) mass is 305 g/mol. The quantitative estimate of drug-likeness (QED) is 0.657. The molecule has 118 valence electrons. The zero-order chi connectivity index (χ0) is 15.9. The number of carbonyl (C=O) groups excluding carboxylic acids is 2. The third-order valence-corrected chi connectivity index (χ3v) is 4.33. The lowest BCUT2D eigenvalue weighted by molar-refractivity contribution is -0.178. The molecule has 0 spiro atoms. The normalized spacial score (nSPS) is 29.5. The third-order valence-electron chi connectivity index (χ3n) is 4.33. The molecule has 2 aliphatic rings. The van der Waals surface area contributed by atoms with Crippen molar-refractivity contribution in [3.63, 3.8) is 0 Å². The Hall–Kier alpha value is -2.24. The van der Waals surface area contributed by atoms with E-state index >= 15 is 0 Å². The second-order valence-electron chi connectivity index (χ2n) is 5.97. The molecule has 1 N–H and O–H groups in total. The first kappa shape index (κ1) is 14.7. The molecule has 6 heteroatoms. The van der Waals surface area contributed by atoms with E-state index in [1.165, 1.54) is 7.05 Å². The number of benzene rings is 1. The first-order chi connectivity index (χ1) is 10.5. The van der Waals surface area contributed by atoms with Gasteiger partial charge in [-0.05, 0) is 31.5 Å². The Labute approximate surface area is 128 Å². The Bertz CT molecular complexity index is 629. The average Bonchev–Trinajstić information content (AvgIpc) is 2.62. The van der Waals surface area contributed by atoms with E-state index in [-0.39, 0.29) is 18.4 Å². The highest BCUT2D eigenvalue weighted by Gasteiger charge is 2.51. The van der Waals surface area contributed by atoms with Crippen molar-refractivity contribution in [2.45, 2.75) is 24.9 Å². The number of carbonyl (C=O) groups is 2. The molecule has 2 heterocycles. The Morgan fingerprint density at radius 1 is 1.45 bits per heavy atom. The Morgan fingerprint density at radius 3 is 2.91 bits per heavy atom. The van der Waals surface area contributed by atoms with Crippen molar-refractivity contribution in [3.05, 3.63) is 23.8 Å². The van der Waals surface area contributed by atoms with Crippen LogP contribution in [0.15, 0.2) is 18.2 Å². The van der Waals surface area contributed by atoms with Gasteiger partial charge in [0.25, 0.3) is 0 Å². The van der Waals surface area contributed by atoms with Crippen LogP contribution in [0.3, 0.4) is 0 Å². The van der Waals surface area contributed by atoms with Gasteiger partial charge in [-0.25, -0.2) is 0 Å². The summed E-state index contributed by atoms with van der Waals surface area (Å²) >= 11 is 0. The lowest BCUT2D eigenvalue weighted by atomic mass is 9.76. The van der Waals surface area contributed by atoms with Gasteiger partial charge in [-0.3, -0.25) is 9.59 Å². The van der Waals surface area contributed by atoms with Crippen LogP contribution in [0, 0.1) is 5.92 Å². The van der Waals surface area contributed by atoms with E-state index < -0.39 is 17.5 Å². The van der Waals surface area contributed by atoms with Gasteiger partial charge in [-0.2, -0.15) is 0 Å². The molecular weight excluding hydrogens is 286 g/mol. The van der Waals surface area contributed by atoms with Crippen molar-refractivity contribution >= 4 is 11.9 Å². The van der Waals surface area contributed by atoms with Crippen LogP contribution in [0.4, 0.5) is 0 Å². The fourth-order valence-electron chi connectivity index (χ4n) is 3.22. The lowest BCUT2D eigenvalue weighted by Crippen LogP contribution is -2.50. The minimum absolute atomic E-state index is 0.273. The molecule has 0 unspecified atom stereocenters. The van der Waals surface area contributed by atoms with Gasteiger partial charge in [0, 0.05) is 18.5 Å². The molecule has 1 fully saturated rings. The van der Waals surface area contributed by atoms with Gasteiger partial charge in [-0.1, -0.05) is 0 Å². The second kappa shape index (κ2) is 5.19. The van der Waals surface area contributed by atoms with Gasteiger partial charge in [0.15, 0.2) is 0 Å². The number of rotatable bonds is 2. The largest absolute Gasteiger partial charge is 0.497 e. The number of fused-ring (bicyclic) bond motifs is 4. The van der Waals surface area contributed by atoms with E-state index in [0.717, 1.165) is 5.56 Å². The van der Waals surface area contributed by atoms with Crippen LogP contribution < -0.4 is 14.8 Å². The maximum Gasteiger partial charge on any atom is 0.319 e. The molecule has 0 radical (unpaired) electrons. The fourth-order valence-corrected chi connectivity index (χ4v) is 3.22. The molecule has 0 saturated carbocycles. The van der Waals surface area contributed by atoms with Crippen LogP contribution in [-0.2, 0) is 14.3 Å². The molecule has 1 aromatic rings. The van der Waals surface area contributed by atoms with Crippen molar-refractivity contribution < 1.29 is 23.8 Å². The SMILES string of the molecule is CNC(=O)[C@@H]1C(=O)O[C@]2(C)COc3ccc(OC)cc3[C@H]1C2. The topological polar surface area (TPSA) is 73.9 Å². The molecule has 3 rings (SSSR count). The average molecular weight is 305 g/mol. The molecular formula is C16H19NO5. The van der Waals surface area contributed by atoms with Crippen molar-refractivity contribution in [1.82, 2.24) is 5.32 Å². The van der Waals surface area contributed by atoms with Gasteiger partial charge in [0.2, 0.25) is 5.91 Å². The molecule has 6 nitrogen and oxygen atoms in total. The number of methoxy groups -OCH3 is 1. The summed E-state index contributed by atoms with van der Waals surface area (Å²) in [6, 6.07) is 5.44. The highest BCUT2D eigenvalue weighted by Crippen LogP contribution is 2.47. The lowest BCUT2D eigenvalue weighted by Gasteiger charge is -2.38. The molecule has 1 amide bonds. The Morgan fingerprint density at radius 2 is 2.23 bits per heavy atom. The van der Waals surface area contributed by atoms with Gasteiger partial charge in [0.1, 0.15) is 29.6 Å². The molecule has 2 aliphatic heterocycles. The number of nitrogens with one attached hydrogen (secondary N) is 1. The van der Waals surface area contributed by atoms with E-state index in [1.54, 1.807) is 13.2 Å². The summed E-state index contributed by atoms with van der Waals surface area (Å²) in [5.41, 5.74) is 0.0896. The highest BCUT2D eigenvalue weighted by atomic mass is 16.6. The summed E-state index contributed by atoms with van der Waals surface area (Å²) in [4.78, 5) is 24.5. The molecule has 1 saturated heterocycles. The number of amides is 1. The van der Waals surface area contributed by atoms with Crippen LogP contribution in [0.1, 0.15) is 24.8 Å². The first-order valence-corrected chi connectivity index (χ1v) is 7.22. The van der Waals surface area contributed by atoms with Crippen molar-refractivity contribution in [2.24, 2.45) is 5.92 Å². The predicted molar refractivity (Wildman–Crippen MR) is 77.9 cm³/mol. The van der Waals surface area contributed by atoms with Gasteiger partial charge >= 0.3 is 5.97 Å². The molecule has 22 heavy (non-hydrogen) atoms. The maximum absolute atomic E-state index is 12.4. The number of hydrogen-bond acceptors (Lipinski definition) is 5. The number of ether oxygens (including phenoxy) is 3. The van der Waals surface area contributed by atoms with Crippen molar-refractivity contribution in [1.29, 1.82) is 0 Å². The highest BCUT2D eigenvalue weighted by molar-refractivity contribution is 5.99. The molecule has 0 aromatic heterocycles. The van der Waals surface area contributed by atoms with Crippen molar-refractivity contribution in [2.75, 3.05) is 20.8 Å². The van der Waals surface area contributed by atoms with Gasteiger partial charge in [-0.15, -0.1) is 0 Å². The number of hydrogen-bond donors (Lipinski definition) is 1. The standard InChI is InChI=1S/C16H19NO5/c1-16-7-11(13(14(18)17-2)15(19)22-16)10-6-9(20-3)4-5-12(10)21-8-16/h4-6,11,13H,7-8H2,1-3H3,(H,17,18)/t11-,13-,16+/m1/s1. The molecule has 0 aliphatic carbocycles. The van der Waals surface area contributed by atoms with Crippen LogP contribution in [0.25, 0.3) is 0 Å². The molecule has 2 bridgehead atoms. The number of esters is 1. The summed E-state index contributed by atoms with van der Waals surface area (Å²) in [5.74, 6) is -0.670. The van der Waals surface area contributed by atoms with Crippen LogP contribution in [0.5, 0.6) is 11.5 Å². The molecule has 3 atom stereocenters. The van der Waals surface area contributed by atoms with E-state index in [0.29, 0.717) is 17.9 Å². The van der Waals surface area contributed by atoms with E-state index in [4.69, 9.17) is 14.2 Å². The zero-order valence-corrected chi connectivity index (χ0v) is 12.8. The van der Waals surface area contributed by atoms with Crippen LogP contribution in [0.2, 0.25) is 0 Å². The predicted octanol–water partition coefficient (Wildman–Crippen LogP) is 1.24. The minimum Gasteiger partial charge on any atom is -0.497 e. The first-order valence-electron chi connectivity index (χ1n) is 7.22. The summed E-state index contributed by atoms with van der Waals surface area (Å²) in [7, 11) is 3.10. The summed E-state index contributed by atoms with van der Waals surface area (Å²) in [5, 5.41) is 2.55. The fraction of sp³-hybridized carbons (Fsp3) is 0.500. The van der Waals surface area contributed by atoms with Crippen molar-refractivity contribution in [3.8, 4) is 11.5 Å². The summed E-state index contributed by atoms with van der Waals surface area (Å²) in [6.07, 6.45) is 0.539.